The number of carbonyl (C=O) groups excluding carboxylic acids is 1. The Labute approximate surface area is 133 Å². The van der Waals surface area contributed by atoms with Crippen LogP contribution in [-0.2, 0) is 4.79 Å². The third kappa shape index (κ3) is 2.14. The molecular formula is C17H17N3OS. The molecule has 5 heteroatoms. The fourth-order valence-corrected chi connectivity index (χ4v) is 4.19. The summed E-state index contributed by atoms with van der Waals surface area (Å²) in [5.74, 6) is 0.255. The molecule has 4 nitrogen and oxygen atoms in total. The summed E-state index contributed by atoms with van der Waals surface area (Å²) < 4.78 is 0. The second-order valence-electron chi connectivity index (χ2n) is 5.68. The van der Waals surface area contributed by atoms with Crippen LogP contribution < -0.4 is 10.7 Å². The Hall–Kier alpha value is -2.11. The molecule has 1 saturated heterocycles. The number of fused-ring (bicyclic) bond motifs is 1. The number of hydrazine groups is 1. The van der Waals surface area contributed by atoms with Gasteiger partial charge >= 0.3 is 0 Å². The van der Waals surface area contributed by atoms with Crippen molar-refractivity contribution >= 4 is 22.9 Å². The zero-order chi connectivity index (χ0) is 15.1. The van der Waals surface area contributed by atoms with E-state index in [0.717, 1.165) is 11.3 Å². The summed E-state index contributed by atoms with van der Waals surface area (Å²) in [6.07, 6.45) is 1.61. The first-order valence-electron chi connectivity index (χ1n) is 7.40. The van der Waals surface area contributed by atoms with Crippen LogP contribution in [0.4, 0.5) is 0 Å². The van der Waals surface area contributed by atoms with Crippen LogP contribution in [0.25, 0.3) is 5.70 Å². The van der Waals surface area contributed by atoms with Gasteiger partial charge in [0.2, 0.25) is 0 Å². The van der Waals surface area contributed by atoms with Crippen LogP contribution in [0, 0.1) is 0 Å². The Morgan fingerprint density at radius 1 is 1.14 bits per heavy atom. The SMILES string of the molecule is CC1NN2C(=O)C=C(c3ccccc3)NC2C1c1cccs1. The van der Waals surface area contributed by atoms with Crippen molar-refractivity contribution in [1.82, 2.24) is 15.8 Å². The third-order valence-corrected chi connectivity index (χ3v) is 5.24. The molecule has 112 valence electrons. The largest absolute Gasteiger partial charge is 0.363 e. The fraction of sp³-hybridized carbons (Fsp3) is 0.235. The molecule has 1 aromatic heterocycles. The summed E-state index contributed by atoms with van der Waals surface area (Å²) >= 11 is 1.74. The molecule has 1 fully saturated rings. The lowest BCUT2D eigenvalue weighted by Gasteiger charge is -2.32. The lowest BCUT2D eigenvalue weighted by Crippen LogP contribution is -2.52. The van der Waals surface area contributed by atoms with Crippen molar-refractivity contribution < 1.29 is 4.79 Å². The predicted molar refractivity (Wildman–Crippen MR) is 87.8 cm³/mol. The maximum absolute atomic E-state index is 12.5. The van der Waals surface area contributed by atoms with Gasteiger partial charge in [-0.05, 0) is 23.9 Å². The van der Waals surface area contributed by atoms with Gasteiger partial charge in [0.1, 0.15) is 6.17 Å². The van der Waals surface area contributed by atoms with Crippen molar-refractivity contribution in [3.8, 4) is 0 Å². The summed E-state index contributed by atoms with van der Waals surface area (Å²) in [6.45, 7) is 2.12. The van der Waals surface area contributed by atoms with Gasteiger partial charge in [0.05, 0.1) is 5.92 Å². The van der Waals surface area contributed by atoms with Crippen molar-refractivity contribution in [3.63, 3.8) is 0 Å². The Bertz CT molecular complexity index is 711. The summed E-state index contributed by atoms with van der Waals surface area (Å²) in [5, 5.41) is 7.35. The van der Waals surface area contributed by atoms with Crippen molar-refractivity contribution in [2.24, 2.45) is 0 Å². The molecule has 2 aliphatic heterocycles. The molecule has 3 heterocycles. The molecule has 3 unspecified atom stereocenters. The smallest absolute Gasteiger partial charge is 0.264 e. The van der Waals surface area contributed by atoms with Crippen molar-refractivity contribution in [2.75, 3.05) is 0 Å². The molecule has 0 aliphatic carbocycles. The van der Waals surface area contributed by atoms with E-state index in [4.69, 9.17) is 0 Å². The number of hydrogen-bond acceptors (Lipinski definition) is 4. The molecular weight excluding hydrogens is 294 g/mol. The molecule has 3 atom stereocenters. The van der Waals surface area contributed by atoms with E-state index in [1.807, 2.05) is 30.3 Å². The van der Waals surface area contributed by atoms with Gasteiger partial charge in [0.25, 0.3) is 5.91 Å². The average Bonchev–Trinajstić information content (AvgIpc) is 3.15. The summed E-state index contributed by atoms with van der Waals surface area (Å²) in [6, 6.07) is 14.4. The van der Waals surface area contributed by atoms with Crippen LogP contribution in [-0.4, -0.2) is 23.1 Å². The van der Waals surface area contributed by atoms with Crippen LogP contribution in [0.3, 0.4) is 0 Å². The van der Waals surface area contributed by atoms with Gasteiger partial charge in [-0.1, -0.05) is 36.4 Å². The Balaban J connectivity index is 1.70. The van der Waals surface area contributed by atoms with Crippen molar-refractivity contribution in [1.29, 1.82) is 0 Å². The molecule has 4 rings (SSSR count). The third-order valence-electron chi connectivity index (χ3n) is 4.26. The first kappa shape index (κ1) is 13.5. The lowest BCUT2D eigenvalue weighted by molar-refractivity contribution is -0.130. The highest BCUT2D eigenvalue weighted by Crippen LogP contribution is 2.36. The molecule has 1 amide bonds. The number of hydrogen-bond donors (Lipinski definition) is 2. The number of rotatable bonds is 2. The van der Waals surface area contributed by atoms with Gasteiger partial charge in [-0.2, -0.15) is 0 Å². The van der Waals surface area contributed by atoms with Crippen LogP contribution in [0.5, 0.6) is 0 Å². The van der Waals surface area contributed by atoms with Crippen molar-refractivity contribution in [3.05, 3.63) is 64.4 Å². The first-order chi connectivity index (χ1) is 10.7. The quantitative estimate of drug-likeness (QED) is 0.896. The molecule has 1 aromatic carbocycles. The highest BCUT2D eigenvalue weighted by molar-refractivity contribution is 7.10. The van der Waals surface area contributed by atoms with Gasteiger partial charge in [-0.15, -0.1) is 11.3 Å². The molecule has 0 spiro atoms. The van der Waals surface area contributed by atoms with E-state index in [2.05, 4.69) is 35.2 Å². The standard InChI is InChI=1S/C17H17N3OS/c1-11-16(14-8-5-9-22-14)17-18-13(10-15(21)20(17)19-11)12-6-3-2-4-7-12/h2-11,16-19H,1H3. The van der Waals surface area contributed by atoms with E-state index >= 15 is 0 Å². The predicted octanol–water partition coefficient (Wildman–Crippen LogP) is 2.54. The van der Waals surface area contributed by atoms with Crippen molar-refractivity contribution in [2.45, 2.75) is 25.0 Å². The maximum Gasteiger partial charge on any atom is 0.264 e. The number of thiophene rings is 1. The van der Waals surface area contributed by atoms with E-state index in [1.54, 1.807) is 22.4 Å². The normalized spacial score (nSPS) is 27.3. The van der Waals surface area contributed by atoms with Crippen LogP contribution in [0.15, 0.2) is 53.9 Å². The van der Waals surface area contributed by atoms with Gasteiger partial charge in [0, 0.05) is 22.7 Å². The van der Waals surface area contributed by atoms with Gasteiger partial charge in [-0.25, -0.2) is 5.43 Å². The molecule has 0 saturated carbocycles. The molecule has 0 bridgehead atoms. The van der Waals surface area contributed by atoms with E-state index in [-0.39, 0.29) is 24.0 Å². The van der Waals surface area contributed by atoms with E-state index in [0.29, 0.717) is 0 Å². The Kier molecular flexibility index (Phi) is 3.24. The second-order valence-corrected chi connectivity index (χ2v) is 6.66. The van der Waals surface area contributed by atoms with Crippen LogP contribution in [0.2, 0.25) is 0 Å². The summed E-state index contributed by atoms with van der Waals surface area (Å²) in [5.41, 5.74) is 5.23. The van der Waals surface area contributed by atoms with Crippen LogP contribution >= 0.6 is 11.3 Å². The minimum Gasteiger partial charge on any atom is -0.363 e. The Morgan fingerprint density at radius 2 is 1.95 bits per heavy atom. The zero-order valence-electron chi connectivity index (χ0n) is 12.2. The van der Waals surface area contributed by atoms with Gasteiger partial charge in [-0.3, -0.25) is 9.80 Å². The first-order valence-corrected chi connectivity index (χ1v) is 8.28. The highest BCUT2D eigenvalue weighted by Gasteiger charge is 2.45. The molecule has 22 heavy (non-hydrogen) atoms. The topological polar surface area (TPSA) is 44.4 Å². The van der Waals surface area contributed by atoms with Gasteiger partial charge < -0.3 is 5.32 Å². The maximum atomic E-state index is 12.5. The molecule has 2 aliphatic rings. The second kappa shape index (κ2) is 5.26. The van der Waals surface area contributed by atoms with Gasteiger partial charge in [0.15, 0.2) is 0 Å². The number of benzene rings is 1. The summed E-state index contributed by atoms with van der Waals surface area (Å²) in [4.78, 5) is 13.8. The van der Waals surface area contributed by atoms with E-state index in [1.165, 1.54) is 4.88 Å². The fourth-order valence-electron chi connectivity index (χ4n) is 3.23. The Morgan fingerprint density at radius 3 is 2.68 bits per heavy atom. The summed E-state index contributed by atoms with van der Waals surface area (Å²) in [7, 11) is 0. The molecule has 2 N–H and O–H groups in total. The van der Waals surface area contributed by atoms with E-state index in [9.17, 15) is 4.79 Å². The number of nitrogens with zero attached hydrogens (tertiary/aromatic N) is 1. The van der Waals surface area contributed by atoms with E-state index < -0.39 is 0 Å². The van der Waals surface area contributed by atoms with Crippen LogP contribution in [0.1, 0.15) is 23.3 Å². The average molecular weight is 311 g/mol. The minimum absolute atomic E-state index is 0.00788. The number of amides is 1. The molecule has 0 radical (unpaired) electrons. The molecule has 2 aromatic rings. The lowest BCUT2D eigenvalue weighted by atomic mass is 9.96. The number of carbonyl (C=O) groups is 1. The zero-order valence-corrected chi connectivity index (χ0v) is 13.0. The highest BCUT2D eigenvalue weighted by atomic mass is 32.1. The monoisotopic (exact) mass is 311 g/mol. The minimum atomic E-state index is -0.0543. The number of nitrogens with one attached hydrogen (secondary N) is 2.